The molecule has 0 aliphatic carbocycles. The highest BCUT2D eigenvalue weighted by molar-refractivity contribution is 5.02. The zero-order valence-electron chi connectivity index (χ0n) is 11.7. The molecule has 2 heterocycles. The molecule has 2 rings (SSSR count). The minimum absolute atomic E-state index is 0.577. The van der Waals surface area contributed by atoms with E-state index in [-0.39, 0.29) is 0 Å². The Morgan fingerprint density at radius 2 is 2.33 bits per heavy atom. The van der Waals surface area contributed by atoms with E-state index in [0.29, 0.717) is 12.1 Å². The van der Waals surface area contributed by atoms with Crippen molar-refractivity contribution in [3.8, 4) is 0 Å². The van der Waals surface area contributed by atoms with Gasteiger partial charge in [-0.25, -0.2) is 9.97 Å². The summed E-state index contributed by atoms with van der Waals surface area (Å²) in [5.74, 6) is 0.861. The number of hydrogen-bond acceptors (Lipinski definition) is 4. The molecule has 2 atom stereocenters. The largest absolute Gasteiger partial charge is 0.311 e. The third kappa shape index (κ3) is 3.50. The normalized spacial score (nSPS) is 25.3. The lowest BCUT2D eigenvalue weighted by molar-refractivity contribution is 0.128. The van der Waals surface area contributed by atoms with Crippen LogP contribution in [0.2, 0.25) is 0 Å². The third-order valence-corrected chi connectivity index (χ3v) is 3.62. The Morgan fingerprint density at radius 3 is 3.06 bits per heavy atom. The van der Waals surface area contributed by atoms with Crippen LogP contribution < -0.4 is 5.32 Å². The third-order valence-electron chi connectivity index (χ3n) is 3.62. The fourth-order valence-corrected chi connectivity index (χ4v) is 2.56. The highest BCUT2D eigenvalue weighted by Crippen LogP contribution is 2.13. The first kappa shape index (κ1) is 13.4. The van der Waals surface area contributed by atoms with Gasteiger partial charge in [0.05, 0.1) is 5.69 Å². The standard InChI is InChI=1S/C14H24N4/c1-4-5-13-9-18(11(2)8-16-13)10-14-6-7-15-12(3)17-14/h6-7,11,13,16H,4-5,8-10H2,1-3H3. The van der Waals surface area contributed by atoms with Crippen LogP contribution in [0.5, 0.6) is 0 Å². The molecule has 100 valence electrons. The molecule has 1 aliphatic rings. The van der Waals surface area contributed by atoms with Gasteiger partial charge in [-0.1, -0.05) is 13.3 Å². The van der Waals surface area contributed by atoms with Crippen molar-refractivity contribution in [3.63, 3.8) is 0 Å². The molecule has 0 bridgehead atoms. The maximum Gasteiger partial charge on any atom is 0.125 e. The molecular formula is C14H24N4. The Kier molecular flexibility index (Phi) is 4.66. The summed E-state index contributed by atoms with van der Waals surface area (Å²) in [6, 6.07) is 3.24. The SMILES string of the molecule is CCCC1CN(Cc2ccnc(C)n2)C(C)CN1. The van der Waals surface area contributed by atoms with Crippen LogP contribution in [0.4, 0.5) is 0 Å². The molecule has 1 aromatic heterocycles. The van der Waals surface area contributed by atoms with Gasteiger partial charge in [0.2, 0.25) is 0 Å². The summed E-state index contributed by atoms with van der Waals surface area (Å²) in [6.07, 6.45) is 4.35. The molecule has 1 saturated heterocycles. The molecule has 0 amide bonds. The minimum atomic E-state index is 0.577. The van der Waals surface area contributed by atoms with E-state index in [1.54, 1.807) is 0 Å². The first-order chi connectivity index (χ1) is 8.69. The maximum atomic E-state index is 4.50. The predicted molar refractivity (Wildman–Crippen MR) is 73.3 cm³/mol. The van der Waals surface area contributed by atoms with Gasteiger partial charge in [0.25, 0.3) is 0 Å². The van der Waals surface area contributed by atoms with Crippen molar-refractivity contribution in [1.82, 2.24) is 20.2 Å². The van der Waals surface area contributed by atoms with Gasteiger partial charge < -0.3 is 5.32 Å². The average molecular weight is 248 g/mol. The van der Waals surface area contributed by atoms with Crippen molar-refractivity contribution in [3.05, 3.63) is 23.8 Å². The molecule has 18 heavy (non-hydrogen) atoms. The molecule has 1 N–H and O–H groups in total. The van der Waals surface area contributed by atoms with E-state index < -0.39 is 0 Å². The fraction of sp³-hybridized carbons (Fsp3) is 0.714. The summed E-state index contributed by atoms with van der Waals surface area (Å²) in [4.78, 5) is 11.2. The molecular weight excluding hydrogens is 224 g/mol. The molecule has 4 nitrogen and oxygen atoms in total. The van der Waals surface area contributed by atoms with Gasteiger partial charge in [-0.3, -0.25) is 4.90 Å². The van der Waals surface area contributed by atoms with E-state index in [4.69, 9.17) is 0 Å². The van der Waals surface area contributed by atoms with Gasteiger partial charge in [-0.05, 0) is 26.3 Å². The zero-order valence-corrected chi connectivity index (χ0v) is 11.7. The molecule has 4 heteroatoms. The van der Waals surface area contributed by atoms with Crippen LogP contribution in [0.15, 0.2) is 12.3 Å². The lowest BCUT2D eigenvalue weighted by Gasteiger charge is -2.38. The Balaban J connectivity index is 1.98. The second kappa shape index (κ2) is 6.25. The monoisotopic (exact) mass is 248 g/mol. The Morgan fingerprint density at radius 1 is 1.50 bits per heavy atom. The van der Waals surface area contributed by atoms with Gasteiger partial charge in [-0.2, -0.15) is 0 Å². The van der Waals surface area contributed by atoms with E-state index in [0.717, 1.165) is 31.2 Å². The van der Waals surface area contributed by atoms with Crippen LogP contribution >= 0.6 is 0 Å². The molecule has 1 fully saturated rings. The highest BCUT2D eigenvalue weighted by Gasteiger charge is 2.24. The summed E-state index contributed by atoms with van der Waals surface area (Å²) in [7, 11) is 0. The fourth-order valence-electron chi connectivity index (χ4n) is 2.56. The number of nitrogens with zero attached hydrogens (tertiary/aromatic N) is 3. The quantitative estimate of drug-likeness (QED) is 0.881. The van der Waals surface area contributed by atoms with Crippen molar-refractivity contribution in [1.29, 1.82) is 0 Å². The number of hydrogen-bond donors (Lipinski definition) is 1. The number of nitrogens with one attached hydrogen (secondary N) is 1. The number of piperazine rings is 1. The number of rotatable bonds is 4. The Hall–Kier alpha value is -1.00. The molecule has 0 radical (unpaired) electrons. The summed E-state index contributed by atoms with van der Waals surface area (Å²) < 4.78 is 0. The van der Waals surface area contributed by atoms with E-state index in [1.807, 2.05) is 19.2 Å². The van der Waals surface area contributed by atoms with Gasteiger partial charge in [0.15, 0.2) is 0 Å². The molecule has 0 saturated carbocycles. The first-order valence-electron chi connectivity index (χ1n) is 6.95. The minimum Gasteiger partial charge on any atom is -0.311 e. The van der Waals surface area contributed by atoms with Gasteiger partial charge >= 0.3 is 0 Å². The summed E-state index contributed by atoms with van der Waals surface area (Å²) in [5.41, 5.74) is 1.13. The average Bonchev–Trinajstić information content (AvgIpc) is 2.34. The van der Waals surface area contributed by atoms with E-state index in [9.17, 15) is 0 Å². The molecule has 0 spiro atoms. The number of aryl methyl sites for hydroxylation is 1. The van der Waals surface area contributed by atoms with Crippen molar-refractivity contribution >= 4 is 0 Å². The van der Waals surface area contributed by atoms with Crippen molar-refractivity contribution < 1.29 is 0 Å². The van der Waals surface area contributed by atoms with Crippen LogP contribution in [0, 0.1) is 6.92 Å². The summed E-state index contributed by atoms with van der Waals surface area (Å²) >= 11 is 0. The van der Waals surface area contributed by atoms with Crippen LogP contribution in [-0.2, 0) is 6.54 Å². The summed E-state index contributed by atoms with van der Waals surface area (Å²) in [6.45, 7) is 9.62. The lowest BCUT2D eigenvalue weighted by Crippen LogP contribution is -2.54. The van der Waals surface area contributed by atoms with Crippen LogP contribution in [0.25, 0.3) is 0 Å². The molecule has 0 aromatic carbocycles. The smallest absolute Gasteiger partial charge is 0.125 e. The Labute approximate surface area is 110 Å². The van der Waals surface area contributed by atoms with E-state index in [2.05, 4.69) is 34.0 Å². The van der Waals surface area contributed by atoms with Crippen LogP contribution in [0.3, 0.4) is 0 Å². The topological polar surface area (TPSA) is 41.1 Å². The van der Waals surface area contributed by atoms with Gasteiger partial charge in [-0.15, -0.1) is 0 Å². The van der Waals surface area contributed by atoms with E-state index >= 15 is 0 Å². The summed E-state index contributed by atoms with van der Waals surface area (Å²) in [5, 5.41) is 3.62. The van der Waals surface area contributed by atoms with Crippen LogP contribution in [-0.4, -0.2) is 40.0 Å². The first-order valence-corrected chi connectivity index (χ1v) is 6.95. The number of aromatic nitrogens is 2. The highest BCUT2D eigenvalue weighted by atomic mass is 15.2. The van der Waals surface area contributed by atoms with Crippen molar-refractivity contribution in [2.45, 2.75) is 52.2 Å². The van der Waals surface area contributed by atoms with E-state index in [1.165, 1.54) is 12.8 Å². The second-order valence-electron chi connectivity index (χ2n) is 5.27. The predicted octanol–water partition coefficient (Wildman–Crippen LogP) is 1.75. The molecule has 1 aliphatic heterocycles. The van der Waals surface area contributed by atoms with Crippen LogP contribution in [0.1, 0.15) is 38.2 Å². The lowest BCUT2D eigenvalue weighted by atomic mass is 10.1. The Bertz CT molecular complexity index is 380. The maximum absolute atomic E-state index is 4.50. The van der Waals surface area contributed by atoms with Crippen molar-refractivity contribution in [2.75, 3.05) is 13.1 Å². The second-order valence-corrected chi connectivity index (χ2v) is 5.27. The zero-order chi connectivity index (χ0) is 13.0. The molecule has 2 unspecified atom stereocenters. The molecule has 1 aromatic rings. The van der Waals surface area contributed by atoms with Crippen molar-refractivity contribution in [2.24, 2.45) is 0 Å². The van der Waals surface area contributed by atoms with Gasteiger partial charge in [0, 0.05) is 37.9 Å². The van der Waals surface area contributed by atoms with Gasteiger partial charge in [0.1, 0.15) is 5.82 Å².